The largest absolute Gasteiger partial charge is 0.379 e. The summed E-state index contributed by atoms with van der Waals surface area (Å²) in [6.07, 6.45) is 0. The van der Waals surface area contributed by atoms with Crippen molar-refractivity contribution in [2.45, 2.75) is 11.4 Å². The summed E-state index contributed by atoms with van der Waals surface area (Å²) in [7, 11) is -3.50. The molecule has 0 atom stereocenters. The fourth-order valence-electron chi connectivity index (χ4n) is 3.08. The van der Waals surface area contributed by atoms with Crippen molar-refractivity contribution in [2.24, 2.45) is 0 Å². The molecule has 0 bridgehead atoms. The molecule has 0 saturated carbocycles. The number of morpholine rings is 1. The van der Waals surface area contributed by atoms with E-state index in [1.54, 1.807) is 24.3 Å². The number of hydrogen-bond acceptors (Lipinski definition) is 5. The maximum absolute atomic E-state index is 12.6. The highest BCUT2D eigenvalue weighted by Crippen LogP contribution is 2.25. The highest BCUT2D eigenvalue weighted by molar-refractivity contribution is 7.89. The summed E-state index contributed by atoms with van der Waals surface area (Å²) in [5.74, 6) is -0.133. The SMILES string of the molecule is O=C(NCc1ccc(S(=O)(=O)N2CCOCC2)cc1)c1cc2ccccc2s1. The first-order valence-electron chi connectivity index (χ1n) is 8.98. The predicted octanol–water partition coefficient (Wildman–Crippen LogP) is 2.85. The molecule has 1 amide bonds. The second-order valence-electron chi connectivity index (χ2n) is 6.49. The number of fused-ring (bicyclic) bond motifs is 1. The number of ether oxygens (including phenoxy) is 1. The van der Waals surface area contributed by atoms with Crippen LogP contribution in [0, 0.1) is 0 Å². The molecule has 0 aliphatic carbocycles. The van der Waals surface area contributed by atoms with Gasteiger partial charge in [0.25, 0.3) is 5.91 Å². The lowest BCUT2D eigenvalue weighted by molar-refractivity contribution is 0.0730. The third kappa shape index (κ3) is 3.95. The van der Waals surface area contributed by atoms with Gasteiger partial charge in [-0.1, -0.05) is 30.3 Å². The minimum atomic E-state index is -3.50. The molecule has 2 aromatic carbocycles. The Hall–Kier alpha value is -2.26. The summed E-state index contributed by atoms with van der Waals surface area (Å²) in [6, 6.07) is 16.4. The first-order valence-corrected chi connectivity index (χ1v) is 11.2. The summed E-state index contributed by atoms with van der Waals surface area (Å²) >= 11 is 1.46. The highest BCUT2D eigenvalue weighted by atomic mass is 32.2. The van der Waals surface area contributed by atoms with Crippen LogP contribution in [0.25, 0.3) is 10.1 Å². The van der Waals surface area contributed by atoms with E-state index >= 15 is 0 Å². The smallest absolute Gasteiger partial charge is 0.261 e. The molecule has 1 aliphatic rings. The molecule has 1 aliphatic heterocycles. The lowest BCUT2D eigenvalue weighted by atomic mass is 10.2. The predicted molar refractivity (Wildman–Crippen MR) is 109 cm³/mol. The Labute approximate surface area is 167 Å². The van der Waals surface area contributed by atoms with Crippen LogP contribution in [0.2, 0.25) is 0 Å². The van der Waals surface area contributed by atoms with Gasteiger partial charge in [-0.05, 0) is 35.2 Å². The van der Waals surface area contributed by atoms with Crippen LogP contribution >= 0.6 is 11.3 Å². The number of sulfonamides is 1. The number of hydrogen-bond donors (Lipinski definition) is 1. The number of thiophene rings is 1. The Kier molecular flexibility index (Phi) is 5.45. The van der Waals surface area contributed by atoms with Crippen LogP contribution in [0.5, 0.6) is 0 Å². The number of amides is 1. The molecule has 1 N–H and O–H groups in total. The van der Waals surface area contributed by atoms with Gasteiger partial charge in [0.05, 0.1) is 23.0 Å². The molecule has 1 fully saturated rings. The Morgan fingerprint density at radius 3 is 2.50 bits per heavy atom. The maximum Gasteiger partial charge on any atom is 0.261 e. The summed E-state index contributed by atoms with van der Waals surface area (Å²) in [5, 5.41) is 3.94. The maximum atomic E-state index is 12.6. The van der Waals surface area contributed by atoms with Gasteiger partial charge >= 0.3 is 0 Å². The van der Waals surface area contributed by atoms with E-state index in [-0.39, 0.29) is 10.8 Å². The zero-order valence-corrected chi connectivity index (χ0v) is 16.8. The van der Waals surface area contributed by atoms with Gasteiger partial charge in [-0.3, -0.25) is 4.79 Å². The Balaban J connectivity index is 1.41. The van der Waals surface area contributed by atoms with Crippen LogP contribution in [-0.2, 0) is 21.3 Å². The van der Waals surface area contributed by atoms with E-state index in [2.05, 4.69) is 5.32 Å². The van der Waals surface area contributed by atoms with Gasteiger partial charge < -0.3 is 10.1 Å². The van der Waals surface area contributed by atoms with E-state index in [0.29, 0.717) is 37.7 Å². The van der Waals surface area contributed by atoms with Gasteiger partial charge in [-0.25, -0.2) is 8.42 Å². The fraction of sp³-hybridized carbons (Fsp3) is 0.250. The number of benzene rings is 2. The van der Waals surface area contributed by atoms with Gasteiger partial charge in [0.15, 0.2) is 0 Å². The molecular weight excluding hydrogens is 396 g/mol. The van der Waals surface area contributed by atoms with Gasteiger partial charge in [0.1, 0.15) is 0 Å². The summed E-state index contributed by atoms with van der Waals surface area (Å²) in [4.78, 5) is 13.3. The first kappa shape index (κ1) is 19.1. The molecule has 6 nitrogen and oxygen atoms in total. The van der Waals surface area contributed by atoms with Crippen LogP contribution < -0.4 is 5.32 Å². The van der Waals surface area contributed by atoms with Crippen molar-refractivity contribution in [1.29, 1.82) is 0 Å². The van der Waals surface area contributed by atoms with Crippen molar-refractivity contribution in [3.05, 3.63) is 65.0 Å². The summed E-state index contributed by atoms with van der Waals surface area (Å²) in [6.45, 7) is 1.91. The number of carbonyl (C=O) groups is 1. The minimum absolute atomic E-state index is 0.133. The third-order valence-electron chi connectivity index (χ3n) is 4.63. The Morgan fingerprint density at radius 1 is 1.07 bits per heavy atom. The molecule has 8 heteroatoms. The average Bonchev–Trinajstić information content (AvgIpc) is 3.17. The molecule has 3 aromatic rings. The Morgan fingerprint density at radius 2 is 1.79 bits per heavy atom. The van der Waals surface area contributed by atoms with Gasteiger partial charge in [-0.15, -0.1) is 11.3 Å². The topological polar surface area (TPSA) is 75.7 Å². The second kappa shape index (κ2) is 8.00. The van der Waals surface area contributed by atoms with Crippen LogP contribution in [0.4, 0.5) is 0 Å². The fourth-order valence-corrected chi connectivity index (χ4v) is 5.47. The van der Waals surface area contributed by atoms with Crippen LogP contribution in [-0.4, -0.2) is 44.9 Å². The van der Waals surface area contributed by atoms with E-state index in [9.17, 15) is 13.2 Å². The normalized spacial score (nSPS) is 15.6. The van der Waals surface area contributed by atoms with Crippen LogP contribution in [0.15, 0.2) is 59.5 Å². The molecular formula is C20H20N2O4S2. The molecule has 28 heavy (non-hydrogen) atoms. The molecule has 146 valence electrons. The van der Waals surface area contributed by atoms with Crippen molar-refractivity contribution < 1.29 is 17.9 Å². The molecule has 4 rings (SSSR count). The highest BCUT2D eigenvalue weighted by Gasteiger charge is 2.26. The second-order valence-corrected chi connectivity index (χ2v) is 9.51. The van der Waals surface area contributed by atoms with E-state index in [1.165, 1.54) is 15.6 Å². The van der Waals surface area contributed by atoms with E-state index in [0.717, 1.165) is 15.6 Å². The molecule has 1 aromatic heterocycles. The molecule has 2 heterocycles. The van der Waals surface area contributed by atoms with Crippen molar-refractivity contribution in [1.82, 2.24) is 9.62 Å². The first-order chi connectivity index (χ1) is 13.5. The van der Waals surface area contributed by atoms with Crippen LogP contribution in [0.3, 0.4) is 0 Å². The lowest BCUT2D eigenvalue weighted by Crippen LogP contribution is -2.40. The van der Waals surface area contributed by atoms with E-state index in [4.69, 9.17) is 4.74 Å². The quantitative estimate of drug-likeness (QED) is 0.694. The van der Waals surface area contributed by atoms with E-state index < -0.39 is 10.0 Å². The number of rotatable bonds is 5. The molecule has 0 spiro atoms. The van der Waals surface area contributed by atoms with Crippen molar-refractivity contribution in [3.8, 4) is 0 Å². The number of carbonyl (C=O) groups excluding carboxylic acids is 1. The van der Waals surface area contributed by atoms with E-state index in [1.807, 2.05) is 30.3 Å². The van der Waals surface area contributed by atoms with Gasteiger partial charge in [-0.2, -0.15) is 4.31 Å². The Bertz CT molecular complexity index is 1050. The van der Waals surface area contributed by atoms with Crippen LogP contribution in [0.1, 0.15) is 15.2 Å². The van der Waals surface area contributed by atoms with Crippen molar-refractivity contribution in [3.63, 3.8) is 0 Å². The molecule has 0 unspecified atom stereocenters. The molecule has 0 radical (unpaired) electrons. The summed E-state index contributed by atoms with van der Waals surface area (Å²) in [5.41, 5.74) is 0.843. The molecule has 1 saturated heterocycles. The minimum Gasteiger partial charge on any atom is -0.379 e. The average molecular weight is 417 g/mol. The summed E-state index contributed by atoms with van der Waals surface area (Å²) < 4.78 is 33.0. The van der Waals surface area contributed by atoms with Gasteiger partial charge in [0, 0.05) is 24.3 Å². The standard InChI is InChI=1S/C20H20N2O4S2/c23-20(19-13-16-3-1-2-4-18(16)27-19)21-14-15-5-7-17(8-6-15)28(24,25)22-9-11-26-12-10-22/h1-8,13H,9-12,14H2,(H,21,23). The van der Waals surface area contributed by atoms with Gasteiger partial charge in [0.2, 0.25) is 10.0 Å². The van der Waals surface area contributed by atoms with Crippen molar-refractivity contribution in [2.75, 3.05) is 26.3 Å². The number of nitrogens with one attached hydrogen (secondary N) is 1. The lowest BCUT2D eigenvalue weighted by Gasteiger charge is -2.26. The zero-order valence-electron chi connectivity index (χ0n) is 15.1. The van der Waals surface area contributed by atoms with Crippen molar-refractivity contribution >= 4 is 37.4 Å². The monoisotopic (exact) mass is 416 g/mol. The zero-order chi connectivity index (χ0) is 19.6. The third-order valence-corrected chi connectivity index (χ3v) is 7.66. The number of nitrogens with zero attached hydrogens (tertiary/aromatic N) is 1.